The Labute approximate surface area is 117 Å². The Morgan fingerprint density at radius 3 is 2.55 bits per heavy atom. The summed E-state index contributed by atoms with van der Waals surface area (Å²) in [4.78, 5) is 4.46. The Morgan fingerprint density at radius 1 is 1.15 bits per heavy atom. The molecule has 104 valence electrons. The number of hydrogen-bond acceptors (Lipinski definition) is 3. The summed E-state index contributed by atoms with van der Waals surface area (Å²) in [5.74, 6) is 0.871. The molecule has 0 radical (unpaired) electrons. The smallest absolute Gasteiger partial charge is 0.142 e. The molecular formula is C15H18N4O. The minimum absolute atomic E-state index is 0.0283. The first-order chi connectivity index (χ1) is 9.52. The first-order valence-electron chi connectivity index (χ1n) is 6.61. The minimum atomic E-state index is -0.0283. The highest BCUT2D eigenvalue weighted by Crippen LogP contribution is 2.25. The molecule has 5 nitrogen and oxygen atoms in total. The fraction of sp³-hybridized carbons (Fsp3) is 0.333. The van der Waals surface area contributed by atoms with E-state index in [4.69, 9.17) is 0 Å². The van der Waals surface area contributed by atoms with Gasteiger partial charge in [-0.3, -0.25) is 9.25 Å². The van der Waals surface area contributed by atoms with Crippen molar-refractivity contribution in [1.29, 1.82) is 0 Å². The molecule has 2 aromatic heterocycles. The average Bonchev–Trinajstić information content (AvgIpc) is 2.90. The third-order valence-electron chi connectivity index (χ3n) is 3.86. The zero-order valence-corrected chi connectivity index (χ0v) is 12.2. The van der Waals surface area contributed by atoms with Crippen LogP contribution in [0.2, 0.25) is 0 Å². The molecule has 0 spiro atoms. The van der Waals surface area contributed by atoms with E-state index in [2.05, 4.69) is 36.1 Å². The number of aromatic nitrogens is 4. The summed E-state index contributed by atoms with van der Waals surface area (Å²) in [7, 11) is 1.88. The molecule has 1 aromatic carbocycles. The average molecular weight is 270 g/mol. The van der Waals surface area contributed by atoms with Crippen LogP contribution in [0.1, 0.15) is 22.4 Å². The van der Waals surface area contributed by atoms with Crippen LogP contribution >= 0.6 is 0 Å². The molecule has 0 saturated carbocycles. The topological polar surface area (TPSA) is 55.9 Å². The first kappa shape index (κ1) is 12.9. The largest absolute Gasteiger partial charge is 0.391 e. The summed E-state index contributed by atoms with van der Waals surface area (Å²) in [5.41, 5.74) is 6.12. The molecule has 0 bridgehead atoms. The van der Waals surface area contributed by atoms with Crippen LogP contribution in [0.4, 0.5) is 0 Å². The van der Waals surface area contributed by atoms with Gasteiger partial charge in [0.1, 0.15) is 12.1 Å². The number of fused-ring (bicyclic) bond motifs is 1. The summed E-state index contributed by atoms with van der Waals surface area (Å²) >= 11 is 0. The summed E-state index contributed by atoms with van der Waals surface area (Å²) < 4.78 is 3.78. The standard InChI is InChI=1S/C15H18N4O/c1-9-5-13-14(6-10(9)2)19(8-16-13)15-12(7-20)11(3)17-18(15)4/h5-6,8,20H,7H2,1-4H3. The number of aryl methyl sites for hydroxylation is 4. The third-order valence-corrected chi connectivity index (χ3v) is 3.86. The van der Waals surface area contributed by atoms with Crippen LogP contribution in [0, 0.1) is 20.8 Å². The molecule has 2 heterocycles. The van der Waals surface area contributed by atoms with Crippen LogP contribution in [0.5, 0.6) is 0 Å². The highest BCUT2D eigenvalue weighted by atomic mass is 16.3. The van der Waals surface area contributed by atoms with Gasteiger partial charge in [0.2, 0.25) is 0 Å². The molecule has 0 unspecified atom stereocenters. The maximum absolute atomic E-state index is 9.60. The molecule has 0 aliphatic rings. The zero-order valence-electron chi connectivity index (χ0n) is 12.2. The van der Waals surface area contributed by atoms with Gasteiger partial charge in [-0.2, -0.15) is 5.10 Å². The normalized spacial score (nSPS) is 11.4. The van der Waals surface area contributed by atoms with Gasteiger partial charge in [-0.05, 0) is 44.0 Å². The van der Waals surface area contributed by atoms with Crippen molar-refractivity contribution < 1.29 is 5.11 Å². The van der Waals surface area contributed by atoms with Crippen LogP contribution in [-0.4, -0.2) is 24.4 Å². The molecule has 0 atom stereocenters. The first-order valence-corrected chi connectivity index (χ1v) is 6.61. The number of imidazole rings is 1. The molecule has 3 rings (SSSR count). The van der Waals surface area contributed by atoms with Crippen molar-refractivity contribution >= 4 is 11.0 Å². The van der Waals surface area contributed by atoms with E-state index in [0.717, 1.165) is 28.1 Å². The maximum atomic E-state index is 9.60. The number of nitrogens with zero attached hydrogens (tertiary/aromatic N) is 4. The maximum Gasteiger partial charge on any atom is 0.142 e. The summed E-state index contributed by atoms with van der Waals surface area (Å²) in [5, 5.41) is 14.0. The Kier molecular flexibility index (Phi) is 2.87. The summed E-state index contributed by atoms with van der Waals surface area (Å²) in [6, 6.07) is 4.21. The molecule has 20 heavy (non-hydrogen) atoms. The number of aliphatic hydroxyl groups is 1. The van der Waals surface area contributed by atoms with E-state index >= 15 is 0 Å². The van der Waals surface area contributed by atoms with Crippen molar-refractivity contribution in [3.63, 3.8) is 0 Å². The van der Waals surface area contributed by atoms with Crippen molar-refractivity contribution in [3.8, 4) is 5.82 Å². The van der Waals surface area contributed by atoms with Gasteiger partial charge >= 0.3 is 0 Å². The van der Waals surface area contributed by atoms with Gasteiger partial charge in [-0.25, -0.2) is 4.98 Å². The second-order valence-corrected chi connectivity index (χ2v) is 5.21. The zero-order chi connectivity index (χ0) is 14.4. The van der Waals surface area contributed by atoms with Crippen LogP contribution in [-0.2, 0) is 13.7 Å². The van der Waals surface area contributed by atoms with Gasteiger partial charge in [-0.1, -0.05) is 0 Å². The van der Waals surface area contributed by atoms with Crippen molar-refractivity contribution in [1.82, 2.24) is 19.3 Å². The van der Waals surface area contributed by atoms with Crippen LogP contribution in [0.3, 0.4) is 0 Å². The lowest BCUT2D eigenvalue weighted by Gasteiger charge is -2.08. The van der Waals surface area contributed by atoms with Gasteiger partial charge in [-0.15, -0.1) is 0 Å². The van der Waals surface area contributed by atoms with E-state index in [9.17, 15) is 5.11 Å². The SMILES string of the molecule is Cc1cc2ncn(-c3c(CO)c(C)nn3C)c2cc1C. The summed E-state index contributed by atoms with van der Waals surface area (Å²) in [6.45, 7) is 6.05. The molecule has 0 amide bonds. The van der Waals surface area contributed by atoms with Gasteiger partial charge in [0.05, 0.1) is 23.3 Å². The van der Waals surface area contributed by atoms with E-state index < -0.39 is 0 Å². The highest BCUT2D eigenvalue weighted by Gasteiger charge is 2.16. The van der Waals surface area contributed by atoms with Gasteiger partial charge < -0.3 is 5.11 Å². The second kappa shape index (κ2) is 4.45. The van der Waals surface area contributed by atoms with Gasteiger partial charge in [0.25, 0.3) is 0 Å². The Hall–Kier alpha value is -2.14. The molecule has 5 heteroatoms. The van der Waals surface area contributed by atoms with Gasteiger partial charge in [0, 0.05) is 12.6 Å². The van der Waals surface area contributed by atoms with Crippen LogP contribution < -0.4 is 0 Å². The molecule has 3 aromatic rings. The lowest BCUT2D eigenvalue weighted by Crippen LogP contribution is -2.04. The van der Waals surface area contributed by atoms with Crippen molar-refractivity contribution in [2.75, 3.05) is 0 Å². The molecule has 0 saturated heterocycles. The van der Waals surface area contributed by atoms with E-state index in [0.29, 0.717) is 0 Å². The lowest BCUT2D eigenvalue weighted by atomic mass is 10.1. The van der Waals surface area contributed by atoms with Crippen molar-refractivity contribution in [3.05, 3.63) is 40.8 Å². The number of benzene rings is 1. The number of aliphatic hydroxyl groups excluding tert-OH is 1. The lowest BCUT2D eigenvalue weighted by molar-refractivity contribution is 0.280. The quantitative estimate of drug-likeness (QED) is 0.776. The molecule has 0 fully saturated rings. The number of hydrogen-bond donors (Lipinski definition) is 1. The molecule has 0 aliphatic heterocycles. The Morgan fingerprint density at radius 2 is 1.85 bits per heavy atom. The predicted octanol–water partition coefficient (Wildman–Crippen LogP) is 2.18. The molecule has 0 aliphatic carbocycles. The fourth-order valence-corrected chi connectivity index (χ4v) is 2.61. The van der Waals surface area contributed by atoms with E-state index in [1.165, 1.54) is 11.1 Å². The monoisotopic (exact) mass is 270 g/mol. The van der Waals surface area contributed by atoms with Crippen molar-refractivity contribution in [2.45, 2.75) is 27.4 Å². The Balaban J connectivity index is 2.33. The van der Waals surface area contributed by atoms with E-state index in [1.54, 1.807) is 11.0 Å². The minimum Gasteiger partial charge on any atom is -0.391 e. The third kappa shape index (κ3) is 1.74. The van der Waals surface area contributed by atoms with E-state index in [1.807, 2.05) is 18.5 Å². The van der Waals surface area contributed by atoms with Crippen molar-refractivity contribution in [2.24, 2.45) is 7.05 Å². The molecule has 1 N–H and O–H groups in total. The Bertz CT molecular complexity index is 798. The fourth-order valence-electron chi connectivity index (χ4n) is 2.61. The highest BCUT2D eigenvalue weighted by molar-refractivity contribution is 5.79. The van der Waals surface area contributed by atoms with Gasteiger partial charge in [0.15, 0.2) is 0 Å². The predicted molar refractivity (Wildman–Crippen MR) is 78.0 cm³/mol. The molecular weight excluding hydrogens is 252 g/mol. The summed E-state index contributed by atoms with van der Waals surface area (Å²) in [6.07, 6.45) is 1.79. The second-order valence-electron chi connectivity index (χ2n) is 5.21. The van der Waals surface area contributed by atoms with Crippen LogP contribution in [0.25, 0.3) is 16.9 Å². The van der Waals surface area contributed by atoms with Crippen LogP contribution in [0.15, 0.2) is 18.5 Å². The number of rotatable bonds is 2. The van der Waals surface area contributed by atoms with E-state index in [-0.39, 0.29) is 6.61 Å².